The number of pyridine rings is 1. The van der Waals surface area contributed by atoms with Crippen molar-refractivity contribution in [2.45, 2.75) is 20.0 Å². The summed E-state index contributed by atoms with van der Waals surface area (Å²) < 4.78 is 8.23. The maximum Gasteiger partial charge on any atom is 0.226 e. The molecule has 0 aliphatic heterocycles. The zero-order chi connectivity index (χ0) is 20.5. The molecule has 0 aliphatic carbocycles. The lowest BCUT2D eigenvalue weighted by Gasteiger charge is -2.13. The molecule has 0 saturated carbocycles. The van der Waals surface area contributed by atoms with Gasteiger partial charge in [0.1, 0.15) is 12.1 Å². The molecule has 5 heteroatoms. The van der Waals surface area contributed by atoms with Crippen LogP contribution in [0.15, 0.2) is 79.0 Å². The van der Waals surface area contributed by atoms with Crippen molar-refractivity contribution in [1.82, 2.24) is 14.8 Å². The van der Waals surface area contributed by atoms with E-state index < -0.39 is 0 Å². The maximum atomic E-state index is 6.35. The maximum absolute atomic E-state index is 6.35. The average Bonchev–Trinajstić information content (AvgIpc) is 3.17. The highest BCUT2D eigenvalue weighted by molar-refractivity contribution is 6.31. The van der Waals surface area contributed by atoms with Crippen LogP contribution in [0.5, 0.6) is 5.88 Å². The topological polar surface area (TPSA) is 39.9 Å². The number of aromatic nitrogens is 3. The number of aryl methyl sites for hydroxylation is 1. The summed E-state index contributed by atoms with van der Waals surface area (Å²) >= 11 is 6.35. The number of nitrogens with zero attached hydrogens (tertiary/aromatic N) is 3. The average molecular weight is 414 g/mol. The third-order valence-corrected chi connectivity index (χ3v) is 5.66. The second kappa shape index (κ2) is 7.81. The Bertz CT molecular complexity index is 1360. The van der Waals surface area contributed by atoms with Crippen molar-refractivity contribution in [3.63, 3.8) is 0 Å². The van der Waals surface area contributed by atoms with E-state index >= 15 is 0 Å². The smallest absolute Gasteiger partial charge is 0.226 e. The molecule has 0 saturated heterocycles. The van der Waals surface area contributed by atoms with Gasteiger partial charge in [0, 0.05) is 22.2 Å². The normalized spacial score (nSPS) is 11.3. The highest BCUT2D eigenvalue weighted by atomic mass is 35.5. The van der Waals surface area contributed by atoms with Gasteiger partial charge in [0.25, 0.3) is 0 Å². The van der Waals surface area contributed by atoms with Gasteiger partial charge in [0.15, 0.2) is 0 Å². The quantitative estimate of drug-likeness (QED) is 0.336. The summed E-state index contributed by atoms with van der Waals surface area (Å²) in [5.74, 6) is 0.670. The minimum Gasteiger partial charge on any atom is -0.472 e. The largest absolute Gasteiger partial charge is 0.472 e. The summed E-state index contributed by atoms with van der Waals surface area (Å²) in [6, 6.07) is 24.0. The van der Waals surface area contributed by atoms with Gasteiger partial charge >= 0.3 is 0 Å². The highest BCUT2D eigenvalue weighted by Crippen LogP contribution is 2.34. The van der Waals surface area contributed by atoms with Gasteiger partial charge in [0.05, 0.1) is 16.6 Å². The number of fused-ring (bicyclic) bond motifs is 3. The SMILES string of the molecule is CCc1ccccc1-n1nc2c(cnc3ccccc32)c1OCc1ccccc1Cl. The number of hydrogen-bond donors (Lipinski definition) is 0. The molecule has 0 radical (unpaired) electrons. The van der Waals surface area contributed by atoms with Crippen LogP contribution in [-0.4, -0.2) is 14.8 Å². The van der Waals surface area contributed by atoms with Gasteiger partial charge in [-0.25, -0.2) is 0 Å². The molecule has 0 atom stereocenters. The van der Waals surface area contributed by atoms with E-state index in [0.717, 1.165) is 39.5 Å². The second-order valence-corrected chi connectivity index (χ2v) is 7.52. The van der Waals surface area contributed by atoms with E-state index in [0.29, 0.717) is 17.5 Å². The molecule has 0 aliphatic rings. The van der Waals surface area contributed by atoms with Crippen LogP contribution >= 0.6 is 11.6 Å². The predicted octanol–water partition coefficient (Wildman–Crippen LogP) is 6.37. The summed E-state index contributed by atoms with van der Waals surface area (Å²) in [6.45, 7) is 2.49. The summed E-state index contributed by atoms with van der Waals surface area (Å²) in [7, 11) is 0. The fraction of sp³-hybridized carbons (Fsp3) is 0.120. The fourth-order valence-corrected chi connectivity index (χ4v) is 3.92. The summed E-state index contributed by atoms with van der Waals surface area (Å²) in [4.78, 5) is 4.63. The van der Waals surface area contributed by atoms with Crippen molar-refractivity contribution in [1.29, 1.82) is 0 Å². The van der Waals surface area contributed by atoms with Crippen molar-refractivity contribution in [3.05, 3.63) is 95.1 Å². The lowest BCUT2D eigenvalue weighted by Crippen LogP contribution is -2.06. The van der Waals surface area contributed by atoms with E-state index in [1.54, 1.807) is 0 Å². The Labute approximate surface area is 179 Å². The highest BCUT2D eigenvalue weighted by Gasteiger charge is 2.19. The van der Waals surface area contributed by atoms with Crippen LogP contribution in [0.1, 0.15) is 18.1 Å². The monoisotopic (exact) mass is 413 g/mol. The molecule has 3 aromatic carbocycles. The number of hydrogen-bond acceptors (Lipinski definition) is 3. The van der Waals surface area contributed by atoms with Crippen LogP contribution < -0.4 is 4.74 Å². The molecule has 0 unspecified atom stereocenters. The Morgan fingerprint density at radius 3 is 2.43 bits per heavy atom. The van der Waals surface area contributed by atoms with Crippen LogP contribution in [0.2, 0.25) is 5.02 Å². The first-order chi connectivity index (χ1) is 14.8. The van der Waals surface area contributed by atoms with Gasteiger partial charge in [-0.15, -0.1) is 0 Å². The first-order valence-corrected chi connectivity index (χ1v) is 10.3. The minimum absolute atomic E-state index is 0.349. The van der Waals surface area contributed by atoms with Gasteiger partial charge in [0.2, 0.25) is 5.88 Å². The molecule has 0 spiro atoms. The van der Waals surface area contributed by atoms with Crippen molar-refractivity contribution >= 4 is 33.4 Å². The van der Waals surface area contributed by atoms with E-state index in [2.05, 4.69) is 24.0 Å². The van der Waals surface area contributed by atoms with E-state index in [1.165, 1.54) is 5.56 Å². The van der Waals surface area contributed by atoms with Crippen LogP contribution in [0.4, 0.5) is 0 Å². The third kappa shape index (κ3) is 3.19. The molecule has 5 aromatic rings. The van der Waals surface area contributed by atoms with E-state index in [4.69, 9.17) is 21.4 Å². The van der Waals surface area contributed by atoms with Crippen molar-refractivity contribution in [3.8, 4) is 11.6 Å². The molecule has 0 fully saturated rings. The first-order valence-electron chi connectivity index (χ1n) is 9.97. The minimum atomic E-state index is 0.349. The number of benzene rings is 3. The zero-order valence-electron chi connectivity index (χ0n) is 16.5. The number of para-hydroxylation sites is 2. The van der Waals surface area contributed by atoms with E-state index in [9.17, 15) is 0 Å². The summed E-state index contributed by atoms with van der Waals surface area (Å²) in [5.41, 5.74) is 4.92. The number of ether oxygens (including phenoxy) is 1. The Kier molecular flexibility index (Phi) is 4.85. The molecule has 0 N–H and O–H groups in total. The van der Waals surface area contributed by atoms with Crippen LogP contribution in [0, 0.1) is 0 Å². The summed E-state index contributed by atoms with van der Waals surface area (Å²) in [5, 5.41) is 7.54. The van der Waals surface area contributed by atoms with Gasteiger partial charge in [-0.3, -0.25) is 4.98 Å². The molecule has 148 valence electrons. The van der Waals surface area contributed by atoms with Crippen LogP contribution in [-0.2, 0) is 13.0 Å². The Morgan fingerprint density at radius 1 is 0.867 bits per heavy atom. The summed E-state index contributed by atoms with van der Waals surface area (Å²) in [6.07, 6.45) is 2.74. The van der Waals surface area contributed by atoms with Gasteiger partial charge < -0.3 is 4.74 Å². The molecule has 30 heavy (non-hydrogen) atoms. The second-order valence-electron chi connectivity index (χ2n) is 7.12. The van der Waals surface area contributed by atoms with Crippen LogP contribution in [0.25, 0.3) is 27.5 Å². The molecule has 4 nitrogen and oxygen atoms in total. The molecule has 2 heterocycles. The lowest BCUT2D eigenvalue weighted by atomic mass is 10.1. The Morgan fingerprint density at radius 2 is 1.60 bits per heavy atom. The van der Waals surface area contributed by atoms with Crippen molar-refractivity contribution in [2.24, 2.45) is 0 Å². The van der Waals surface area contributed by atoms with Crippen molar-refractivity contribution < 1.29 is 4.74 Å². The standard InChI is InChI=1S/C25H20ClN3O/c1-2-17-9-4-8-14-23(17)29-25(30-16-18-10-3-6-12-21(18)26)20-15-27-22-13-7-5-11-19(22)24(20)28-29/h3-15H,2,16H2,1H3. The molecular weight excluding hydrogens is 394 g/mol. The van der Waals surface area contributed by atoms with Crippen LogP contribution in [0.3, 0.4) is 0 Å². The van der Waals surface area contributed by atoms with Gasteiger partial charge in [-0.05, 0) is 30.2 Å². The van der Waals surface area contributed by atoms with Gasteiger partial charge in [-0.1, -0.05) is 73.1 Å². The molecule has 0 bridgehead atoms. The molecule has 2 aromatic heterocycles. The zero-order valence-corrected chi connectivity index (χ0v) is 17.3. The number of halogens is 1. The molecular formula is C25H20ClN3O. The van der Waals surface area contributed by atoms with Gasteiger partial charge in [-0.2, -0.15) is 9.78 Å². The first kappa shape index (κ1) is 18.6. The Hall–Kier alpha value is -3.37. The Balaban J connectivity index is 1.71. The molecule has 5 rings (SSSR count). The van der Waals surface area contributed by atoms with E-state index in [-0.39, 0.29) is 0 Å². The lowest BCUT2D eigenvalue weighted by molar-refractivity contribution is 0.288. The predicted molar refractivity (Wildman–Crippen MR) is 122 cm³/mol. The molecule has 0 amide bonds. The third-order valence-electron chi connectivity index (χ3n) is 5.29. The van der Waals surface area contributed by atoms with E-state index in [1.807, 2.05) is 71.5 Å². The number of rotatable bonds is 5. The fourth-order valence-electron chi connectivity index (χ4n) is 3.73. The van der Waals surface area contributed by atoms with Crippen molar-refractivity contribution in [2.75, 3.05) is 0 Å².